The highest BCUT2D eigenvalue weighted by atomic mass is 16.6. The fraction of sp³-hybridized carbons (Fsp3) is 0.290. The smallest absolute Gasteiger partial charge is 0.303 e. The first-order valence-electron chi connectivity index (χ1n) is 12.4. The van der Waals surface area contributed by atoms with E-state index in [9.17, 15) is 9.59 Å². The minimum Gasteiger partial charge on any atom is -0.490 e. The normalized spacial score (nSPS) is 12.8. The standard InChI is InChI=1S/C31H34O7/c1-24(32)35-22-29(36-20-27-14-8-4-9-15-27)18-30(37-21-28-16-10-5-11-17-28)31(38-25(2)33)23-34-19-26-12-6-3-7-13-26/h3-18,30-31H,19-23H2,1-2H3/b29-18-/t30-,31+/m0/s1. The summed E-state index contributed by atoms with van der Waals surface area (Å²) in [5.74, 6) is -0.530. The Labute approximate surface area is 223 Å². The van der Waals surface area contributed by atoms with Crippen LogP contribution in [0, 0.1) is 0 Å². The van der Waals surface area contributed by atoms with Gasteiger partial charge in [0.2, 0.25) is 0 Å². The van der Waals surface area contributed by atoms with Crippen LogP contribution in [0.5, 0.6) is 0 Å². The first kappa shape index (κ1) is 28.6. The molecule has 3 aromatic rings. The lowest BCUT2D eigenvalue weighted by atomic mass is 10.1. The first-order valence-corrected chi connectivity index (χ1v) is 12.4. The number of hydrogen-bond donors (Lipinski definition) is 0. The Morgan fingerprint density at radius 3 is 1.74 bits per heavy atom. The molecule has 0 aliphatic rings. The molecular formula is C31H34O7. The summed E-state index contributed by atoms with van der Waals surface area (Å²) in [6.07, 6.45) is 0.178. The zero-order valence-corrected chi connectivity index (χ0v) is 21.8. The fourth-order valence-corrected chi connectivity index (χ4v) is 3.55. The molecule has 0 unspecified atom stereocenters. The maximum Gasteiger partial charge on any atom is 0.303 e. The zero-order chi connectivity index (χ0) is 27.0. The molecule has 0 aliphatic carbocycles. The molecule has 0 radical (unpaired) electrons. The summed E-state index contributed by atoms with van der Waals surface area (Å²) in [7, 11) is 0. The SMILES string of the molecule is CC(=O)OC/C(=C/[C@H](OCc1ccccc1)[C@@H](COCc1ccccc1)OC(C)=O)OCc1ccccc1. The maximum absolute atomic E-state index is 12.0. The lowest BCUT2D eigenvalue weighted by Gasteiger charge is -2.26. The predicted octanol–water partition coefficient (Wildman–Crippen LogP) is 5.38. The third-order valence-electron chi connectivity index (χ3n) is 5.40. The van der Waals surface area contributed by atoms with Crippen LogP contribution >= 0.6 is 0 Å². The number of benzene rings is 3. The molecule has 7 heteroatoms. The van der Waals surface area contributed by atoms with E-state index in [2.05, 4.69) is 0 Å². The van der Waals surface area contributed by atoms with E-state index in [1.807, 2.05) is 91.0 Å². The lowest BCUT2D eigenvalue weighted by Crippen LogP contribution is -2.36. The Morgan fingerprint density at radius 2 is 1.21 bits per heavy atom. The molecule has 2 atom stereocenters. The van der Waals surface area contributed by atoms with Gasteiger partial charge in [-0.1, -0.05) is 91.0 Å². The van der Waals surface area contributed by atoms with Crippen LogP contribution in [0.25, 0.3) is 0 Å². The molecule has 3 aromatic carbocycles. The number of hydrogen-bond acceptors (Lipinski definition) is 7. The van der Waals surface area contributed by atoms with Gasteiger partial charge in [-0.2, -0.15) is 0 Å². The summed E-state index contributed by atoms with van der Waals surface area (Å²) in [5, 5.41) is 0. The highest BCUT2D eigenvalue weighted by molar-refractivity contribution is 5.66. The molecule has 0 saturated heterocycles. The molecule has 0 spiro atoms. The second kappa shape index (κ2) is 16.0. The van der Waals surface area contributed by atoms with Crippen molar-refractivity contribution in [2.45, 2.75) is 45.9 Å². The Hall–Kier alpha value is -3.94. The Balaban J connectivity index is 1.82. The van der Waals surface area contributed by atoms with Crippen molar-refractivity contribution in [3.8, 4) is 0 Å². The summed E-state index contributed by atoms with van der Waals surface area (Å²) in [6, 6.07) is 29.0. The number of ether oxygens (including phenoxy) is 5. The highest BCUT2D eigenvalue weighted by Crippen LogP contribution is 2.17. The average Bonchev–Trinajstić information content (AvgIpc) is 2.93. The van der Waals surface area contributed by atoms with Gasteiger partial charge in [-0.25, -0.2) is 0 Å². The van der Waals surface area contributed by atoms with E-state index in [-0.39, 0.29) is 26.4 Å². The summed E-state index contributed by atoms with van der Waals surface area (Å²) in [5.41, 5.74) is 2.89. The van der Waals surface area contributed by atoms with Crippen LogP contribution in [0.15, 0.2) is 103 Å². The van der Waals surface area contributed by atoms with Gasteiger partial charge in [0.25, 0.3) is 0 Å². The van der Waals surface area contributed by atoms with Crippen LogP contribution in [0.4, 0.5) is 0 Å². The highest BCUT2D eigenvalue weighted by Gasteiger charge is 2.26. The van der Waals surface area contributed by atoms with Gasteiger partial charge in [0, 0.05) is 13.8 Å². The van der Waals surface area contributed by atoms with Gasteiger partial charge in [-0.3, -0.25) is 9.59 Å². The van der Waals surface area contributed by atoms with E-state index in [1.54, 1.807) is 6.08 Å². The van der Waals surface area contributed by atoms with Gasteiger partial charge in [-0.15, -0.1) is 0 Å². The van der Waals surface area contributed by atoms with Crippen molar-refractivity contribution < 1.29 is 33.3 Å². The predicted molar refractivity (Wildman–Crippen MR) is 143 cm³/mol. The molecule has 0 saturated carbocycles. The van der Waals surface area contributed by atoms with Crippen LogP contribution in [0.2, 0.25) is 0 Å². The van der Waals surface area contributed by atoms with E-state index in [0.29, 0.717) is 12.4 Å². The topological polar surface area (TPSA) is 80.3 Å². The average molecular weight is 519 g/mol. The third-order valence-corrected chi connectivity index (χ3v) is 5.40. The molecule has 0 aliphatic heterocycles. The van der Waals surface area contributed by atoms with Gasteiger partial charge >= 0.3 is 11.9 Å². The zero-order valence-electron chi connectivity index (χ0n) is 21.8. The van der Waals surface area contributed by atoms with E-state index in [1.165, 1.54) is 13.8 Å². The summed E-state index contributed by atoms with van der Waals surface area (Å²) < 4.78 is 29.0. The van der Waals surface area contributed by atoms with Crippen molar-refractivity contribution in [2.24, 2.45) is 0 Å². The van der Waals surface area contributed by atoms with Crippen molar-refractivity contribution in [3.05, 3.63) is 120 Å². The summed E-state index contributed by atoms with van der Waals surface area (Å²) >= 11 is 0. The van der Waals surface area contributed by atoms with Gasteiger partial charge in [0.1, 0.15) is 25.1 Å². The van der Waals surface area contributed by atoms with Crippen LogP contribution in [-0.4, -0.2) is 37.4 Å². The van der Waals surface area contributed by atoms with Crippen LogP contribution in [-0.2, 0) is 53.1 Å². The summed E-state index contributed by atoms with van der Waals surface area (Å²) in [4.78, 5) is 23.6. The molecule has 0 fully saturated rings. The van der Waals surface area contributed by atoms with Crippen molar-refractivity contribution in [1.29, 1.82) is 0 Å². The monoisotopic (exact) mass is 518 g/mol. The fourth-order valence-electron chi connectivity index (χ4n) is 3.55. The van der Waals surface area contributed by atoms with E-state index >= 15 is 0 Å². The van der Waals surface area contributed by atoms with Crippen LogP contribution < -0.4 is 0 Å². The Morgan fingerprint density at radius 1 is 0.684 bits per heavy atom. The minimum atomic E-state index is -0.771. The van der Waals surface area contributed by atoms with E-state index < -0.39 is 24.1 Å². The molecular weight excluding hydrogens is 484 g/mol. The van der Waals surface area contributed by atoms with Gasteiger partial charge in [0.05, 0.1) is 19.8 Å². The number of carbonyl (C=O) groups is 2. The van der Waals surface area contributed by atoms with E-state index in [0.717, 1.165) is 16.7 Å². The largest absolute Gasteiger partial charge is 0.490 e. The summed E-state index contributed by atoms with van der Waals surface area (Å²) in [6.45, 7) is 3.54. The van der Waals surface area contributed by atoms with Gasteiger partial charge in [0.15, 0.2) is 6.10 Å². The van der Waals surface area contributed by atoms with Crippen molar-refractivity contribution in [3.63, 3.8) is 0 Å². The number of carbonyl (C=O) groups excluding carboxylic acids is 2. The maximum atomic E-state index is 12.0. The van der Waals surface area contributed by atoms with Crippen molar-refractivity contribution in [1.82, 2.24) is 0 Å². The molecule has 200 valence electrons. The Kier molecular flexibility index (Phi) is 12.1. The molecule has 7 nitrogen and oxygen atoms in total. The Bertz CT molecular complexity index is 1130. The lowest BCUT2D eigenvalue weighted by molar-refractivity contribution is -0.159. The molecule has 0 bridgehead atoms. The molecule has 0 aromatic heterocycles. The molecule has 0 N–H and O–H groups in total. The van der Waals surface area contributed by atoms with Gasteiger partial charge in [-0.05, 0) is 22.8 Å². The minimum absolute atomic E-state index is 0.0873. The molecule has 0 heterocycles. The number of rotatable bonds is 15. The van der Waals surface area contributed by atoms with Gasteiger partial charge < -0.3 is 23.7 Å². The van der Waals surface area contributed by atoms with Crippen LogP contribution in [0.1, 0.15) is 30.5 Å². The van der Waals surface area contributed by atoms with E-state index in [4.69, 9.17) is 23.7 Å². The molecule has 3 rings (SSSR count). The number of esters is 2. The van der Waals surface area contributed by atoms with Crippen molar-refractivity contribution >= 4 is 11.9 Å². The second-order valence-corrected chi connectivity index (χ2v) is 8.60. The first-order chi connectivity index (χ1) is 18.5. The quantitative estimate of drug-likeness (QED) is 0.197. The third kappa shape index (κ3) is 11.0. The molecule has 0 amide bonds. The second-order valence-electron chi connectivity index (χ2n) is 8.60. The molecule has 38 heavy (non-hydrogen) atoms. The van der Waals surface area contributed by atoms with Crippen LogP contribution in [0.3, 0.4) is 0 Å². The van der Waals surface area contributed by atoms with Crippen molar-refractivity contribution in [2.75, 3.05) is 13.2 Å².